The highest BCUT2D eigenvalue weighted by molar-refractivity contribution is 5.94. The van der Waals surface area contributed by atoms with Crippen LogP contribution in [0.5, 0.6) is 0 Å². The summed E-state index contributed by atoms with van der Waals surface area (Å²) in [5.74, 6) is 0.772. The van der Waals surface area contributed by atoms with Gasteiger partial charge in [0.2, 0.25) is 0 Å². The lowest BCUT2D eigenvalue weighted by molar-refractivity contribution is 0.0936. The Bertz CT molecular complexity index is 402. The molecule has 5 nitrogen and oxygen atoms in total. The number of nitrogens with zero attached hydrogens (tertiary/aromatic N) is 2. The standard InChI is InChI=1S/C15H25N3O2/c1-4-18(5-2)14-9-8-13(11-16-14)15(20)17-12(3)7-6-10-19/h8-9,11-12,19H,4-7,10H2,1-3H3,(H,17,20). The second kappa shape index (κ2) is 8.53. The molecule has 1 amide bonds. The van der Waals surface area contributed by atoms with Crippen LogP contribution in [0.3, 0.4) is 0 Å². The minimum atomic E-state index is -0.117. The first-order valence-electron chi connectivity index (χ1n) is 7.25. The van der Waals surface area contributed by atoms with Gasteiger partial charge in [-0.2, -0.15) is 0 Å². The molecular formula is C15H25N3O2. The van der Waals surface area contributed by atoms with E-state index in [0.717, 1.165) is 25.3 Å². The summed E-state index contributed by atoms with van der Waals surface area (Å²) in [6.07, 6.45) is 3.08. The van der Waals surface area contributed by atoms with Crippen LogP contribution >= 0.6 is 0 Å². The predicted octanol–water partition coefficient (Wildman–Crippen LogP) is 1.82. The Hall–Kier alpha value is -1.62. The van der Waals surface area contributed by atoms with Gasteiger partial charge < -0.3 is 15.3 Å². The molecule has 2 N–H and O–H groups in total. The van der Waals surface area contributed by atoms with Crippen molar-refractivity contribution < 1.29 is 9.90 Å². The van der Waals surface area contributed by atoms with E-state index in [9.17, 15) is 4.79 Å². The number of hydrogen-bond donors (Lipinski definition) is 2. The zero-order valence-electron chi connectivity index (χ0n) is 12.6. The number of aromatic nitrogens is 1. The van der Waals surface area contributed by atoms with E-state index in [1.165, 1.54) is 0 Å². The van der Waals surface area contributed by atoms with Crippen molar-refractivity contribution in [2.75, 3.05) is 24.6 Å². The predicted molar refractivity (Wildman–Crippen MR) is 81.0 cm³/mol. The molecule has 0 spiro atoms. The van der Waals surface area contributed by atoms with Crippen LogP contribution in [-0.4, -0.2) is 41.7 Å². The van der Waals surface area contributed by atoms with Gasteiger partial charge in [-0.15, -0.1) is 0 Å². The van der Waals surface area contributed by atoms with E-state index in [4.69, 9.17) is 5.11 Å². The third-order valence-electron chi connectivity index (χ3n) is 3.27. The number of rotatable bonds is 8. The molecule has 0 radical (unpaired) electrons. The SMILES string of the molecule is CCN(CC)c1ccc(C(=O)NC(C)CCCO)cn1. The summed E-state index contributed by atoms with van der Waals surface area (Å²) < 4.78 is 0. The average Bonchev–Trinajstić information content (AvgIpc) is 2.47. The number of hydrogen-bond acceptors (Lipinski definition) is 4. The monoisotopic (exact) mass is 279 g/mol. The van der Waals surface area contributed by atoms with Crippen LogP contribution in [0.4, 0.5) is 5.82 Å². The fourth-order valence-electron chi connectivity index (χ4n) is 2.03. The maximum absolute atomic E-state index is 12.0. The summed E-state index contributed by atoms with van der Waals surface area (Å²) >= 11 is 0. The number of carbonyl (C=O) groups is 1. The van der Waals surface area contributed by atoms with Gasteiger partial charge in [0, 0.05) is 31.9 Å². The number of carbonyl (C=O) groups excluding carboxylic acids is 1. The van der Waals surface area contributed by atoms with Crippen molar-refractivity contribution >= 4 is 11.7 Å². The highest BCUT2D eigenvalue weighted by Gasteiger charge is 2.11. The second-order valence-corrected chi connectivity index (χ2v) is 4.82. The van der Waals surface area contributed by atoms with Crippen LogP contribution in [0.2, 0.25) is 0 Å². The normalized spacial score (nSPS) is 12.0. The molecule has 0 aromatic carbocycles. The Balaban J connectivity index is 2.61. The summed E-state index contributed by atoms with van der Waals surface area (Å²) in [5.41, 5.74) is 0.566. The molecule has 0 saturated heterocycles. The van der Waals surface area contributed by atoms with Crippen molar-refractivity contribution in [1.82, 2.24) is 10.3 Å². The van der Waals surface area contributed by atoms with E-state index in [2.05, 4.69) is 29.0 Å². The van der Waals surface area contributed by atoms with Crippen LogP contribution in [0.1, 0.15) is 44.0 Å². The molecule has 112 valence electrons. The number of nitrogens with one attached hydrogen (secondary N) is 1. The van der Waals surface area contributed by atoms with E-state index in [-0.39, 0.29) is 18.6 Å². The molecule has 1 atom stereocenters. The first-order valence-corrected chi connectivity index (χ1v) is 7.25. The third kappa shape index (κ3) is 4.81. The van der Waals surface area contributed by atoms with Crippen molar-refractivity contribution in [3.8, 4) is 0 Å². The zero-order chi connectivity index (χ0) is 15.0. The molecular weight excluding hydrogens is 254 g/mol. The topological polar surface area (TPSA) is 65.5 Å². The van der Waals surface area contributed by atoms with Gasteiger partial charge in [0.05, 0.1) is 5.56 Å². The summed E-state index contributed by atoms with van der Waals surface area (Å²) in [4.78, 5) is 18.5. The van der Waals surface area contributed by atoms with Crippen molar-refractivity contribution in [1.29, 1.82) is 0 Å². The van der Waals surface area contributed by atoms with Gasteiger partial charge in [-0.1, -0.05) is 0 Å². The van der Waals surface area contributed by atoms with Gasteiger partial charge in [0.1, 0.15) is 5.82 Å². The van der Waals surface area contributed by atoms with Crippen LogP contribution < -0.4 is 10.2 Å². The first-order chi connectivity index (χ1) is 9.62. The average molecular weight is 279 g/mol. The smallest absolute Gasteiger partial charge is 0.253 e. The van der Waals surface area contributed by atoms with Gasteiger partial charge in [-0.25, -0.2) is 4.98 Å². The lowest BCUT2D eigenvalue weighted by atomic mass is 10.1. The number of aliphatic hydroxyl groups is 1. The van der Waals surface area contributed by atoms with Crippen LogP contribution in [-0.2, 0) is 0 Å². The van der Waals surface area contributed by atoms with E-state index >= 15 is 0 Å². The van der Waals surface area contributed by atoms with Gasteiger partial charge >= 0.3 is 0 Å². The molecule has 1 aromatic rings. The number of amides is 1. The Morgan fingerprint density at radius 1 is 1.40 bits per heavy atom. The van der Waals surface area contributed by atoms with Gasteiger partial charge in [-0.3, -0.25) is 4.79 Å². The van der Waals surface area contributed by atoms with Crippen molar-refractivity contribution in [3.63, 3.8) is 0 Å². The Kier molecular flexibility index (Phi) is 7.01. The molecule has 5 heteroatoms. The fourth-order valence-corrected chi connectivity index (χ4v) is 2.03. The molecule has 0 aliphatic heterocycles. The number of pyridine rings is 1. The minimum absolute atomic E-state index is 0.0529. The number of aliphatic hydroxyl groups excluding tert-OH is 1. The van der Waals surface area contributed by atoms with Gasteiger partial charge in [0.15, 0.2) is 0 Å². The second-order valence-electron chi connectivity index (χ2n) is 4.82. The molecule has 1 unspecified atom stereocenters. The molecule has 0 aliphatic carbocycles. The minimum Gasteiger partial charge on any atom is -0.396 e. The highest BCUT2D eigenvalue weighted by atomic mass is 16.3. The third-order valence-corrected chi connectivity index (χ3v) is 3.27. The highest BCUT2D eigenvalue weighted by Crippen LogP contribution is 2.11. The van der Waals surface area contributed by atoms with E-state index in [0.29, 0.717) is 12.0 Å². The zero-order valence-corrected chi connectivity index (χ0v) is 12.6. The largest absolute Gasteiger partial charge is 0.396 e. The van der Waals surface area contributed by atoms with E-state index < -0.39 is 0 Å². The summed E-state index contributed by atoms with van der Waals surface area (Å²) in [5, 5.41) is 11.7. The van der Waals surface area contributed by atoms with Crippen LogP contribution in [0.15, 0.2) is 18.3 Å². The lowest BCUT2D eigenvalue weighted by Crippen LogP contribution is -2.32. The van der Waals surface area contributed by atoms with Crippen molar-refractivity contribution in [2.24, 2.45) is 0 Å². The van der Waals surface area contributed by atoms with Crippen molar-refractivity contribution in [2.45, 2.75) is 39.7 Å². The fraction of sp³-hybridized carbons (Fsp3) is 0.600. The van der Waals surface area contributed by atoms with Crippen molar-refractivity contribution in [3.05, 3.63) is 23.9 Å². The van der Waals surface area contributed by atoms with Gasteiger partial charge in [0.25, 0.3) is 5.91 Å². The molecule has 20 heavy (non-hydrogen) atoms. The molecule has 1 aromatic heterocycles. The molecule has 0 aliphatic rings. The molecule has 0 fully saturated rings. The Morgan fingerprint density at radius 2 is 2.10 bits per heavy atom. The Labute approximate surface area is 121 Å². The molecule has 1 heterocycles. The first kappa shape index (κ1) is 16.4. The number of anilines is 1. The molecule has 0 saturated carbocycles. The summed E-state index contributed by atoms with van der Waals surface area (Å²) in [6.45, 7) is 8.04. The Morgan fingerprint density at radius 3 is 2.60 bits per heavy atom. The summed E-state index contributed by atoms with van der Waals surface area (Å²) in [6, 6.07) is 3.73. The lowest BCUT2D eigenvalue weighted by Gasteiger charge is -2.19. The maximum Gasteiger partial charge on any atom is 0.253 e. The van der Waals surface area contributed by atoms with Crippen LogP contribution in [0, 0.1) is 0 Å². The maximum atomic E-state index is 12.0. The molecule has 0 bridgehead atoms. The van der Waals surface area contributed by atoms with E-state index in [1.807, 2.05) is 13.0 Å². The van der Waals surface area contributed by atoms with Gasteiger partial charge in [-0.05, 0) is 45.7 Å². The van der Waals surface area contributed by atoms with Crippen LogP contribution in [0.25, 0.3) is 0 Å². The summed E-state index contributed by atoms with van der Waals surface area (Å²) in [7, 11) is 0. The quantitative estimate of drug-likeness (QED) is 0.762. The molecule has 1 rings (SSSR count). The van der Waals surface area contributed by atoms with E-state index in [1.54, 1.807) is 12.3 Å².